The van der Waals surface area contributed by atoms with E-state index in [0.717, 1.165) is 16.9 Å². The topological polar surface area (TPSA) is 55.8 Å². The van der Waals surface area contributed by atoms with Gasteiger partial charge in [-0.2, -0.15) is 0 Å². The molecule has 2 amide bonds. The number of nitrogens with zero attached hydrogens (tertiary/aromatic N) is 1. The molecule has 0 unspecified atom stereocenters. The van der Waals surface area contributed by atoms with Gasteiger partial charge < -0.3 is 9.47 Å². The Morgan fingerprint density at radius 3 is 2.22 bits per heavy atom. The van der Waals surface area contributed by atoms with Crippen LogP contribution in [0.25, 0.3) is 5.57 Å². The van der Waals surface area contributed by atoms with Crippen molar-refractivity contribution >= 4 is 29.1 Å². The molecular formula is C26H31NO4S. The summed E-state index contributed by atoms with van der Waals surface area (Å²) >= 11 is 1.41. The minimum Gasteiger partial charge on any atom is -0.493 e. The van der Waals surface area contributed by atoms with Gasteiger partial charge in [0, 0.05) is 5.75 Å². The number of hydrogen-bond donors (Lipinski definition) is 0. The summed E-state index contributed by atoms with van der Waals surface area (Å²) in [6.45, 7) is 9.24. The van der Waals surface area contributed by atoms with Crippen LogP contribution < -0.4 is 4.74 Å². The van der Waals surface area contributed by atoms with Gasteiger partial charge in [0.05, 0.1) is 36.3 Å². The summed E-state index contributed by atoms with van der Waals surface area (Å²) < 4.78 is 11.3. The van der Waals surface area contributed by atoms with Crippen molar-refractivity contribution in [2.24, 2.45) is 5.92 Å². The molecule has 0 saturated heterocycles. The Morgan fingerprint density at radius 1 is 0.906 bits per heavy atom. The summed E-state index contributed by atoms with van der Waals surface area (Å²) in [6, 6.07) is 17.4. The molecule has 3 rings (SSSR count). The quantitative estimate of drug-likeness (QED) is 0.440. The maximum Gasteiger partial charge on any atom is 0.268 e. The second-order valence-electron chi connectivity index (χ2n) is 8.39. The van der Waals surface area contributed by atoms with Gasteiger partial charge in [0.1, 0.15) is 5.75 Å². The molecule has 0 fully saturated rings. The van der Waals surface area contributed by atoms with E-state index in [-0.39, 0.29) is 24.5 Å². The minimum atomic E-state index is -0.270. The van der Waals surface area contributed by atoms with Gasteiger partial charge in [0.25, 0.3) is 11.8 Å². The average Bonchev–Trinajstić information content (AvgIpc) is 3.01. The Labute approximate surface area is 194 Å². The predicted molar refractivity (Wildman–Crippen MR) is 129 cm³/mol. The van der Waals surface area contributed by atoms with Crippen molar-refractivity contribution in [2.75, 3.05) is 19.8 Å². The average molecular weight is 454 g/mol. The van der Waals surface area contributed by atoms with E-state index in [4.69, 9.17) is 9.47 Å². The highest BCUT2D eigenvalue weighted by Crippen LogP contribution is 2.37. The molecule has 0 spiro atoms. The third kappa shape index (κ3) is 6.24. The summed E-state index contributed by atoms with van der Waals surface area (Å²) in [7, 11) is 0. The Balaban J connectivity index is 1.84. The molecule has 1 aliphatic heterocycles. The first-order valence-electron chi connectivity index (χ1n) is 11.0. The van der Waals surface area contributed by atoms with Crippen LogP contribution in [0.4, 0.5) is 0 Å². The number of imide groups is 1. The van der Waals surface area contributed by atoms with E-state index in [1.165, 1.54) is 16.7 Å². The third-order valence-corrected chi connectivity index (χ3v) is 5.99. The van der Waals surface area contributed by atoms with Crippen LogP contribution in [-0.2, 0) is 20.1 Å². The molecule has 170 valence electrons. The minimum absolute atomic E-state index is 0.0422. The monoisotopic (exact) mass is 453 g/mol. The maximum atomic E-state index is 13.3. The molecule has 6 heteroatoms. The molecule has 0 atom stereocenters. The van der Waals surface area contributed by atoms with Crippen LogP contribution in [0.5, 0.6) is 5.75 Å². The molecule has 32 heavy (non-hydrogen) atoms. The van der Waals surface area contributed by atoms with Crippen LogP contribution in [0, 0.1) is 5.92 Å². The van der Waals surface area contributed by atoms with E-state index < -0.39 is 0 Å². The van der Waals surface area contributed by atoms with Crippen molar-refractivity contribution < 1.29 is 19.1 Å². The molecule has 0 aliphatic carbocycles. The first-order valence-corrected chi connectivity index (χ1v) is 12.0. The van der Waals surface area contributed by atoms with Gasteiger partial charge in [0.2, 0.25) is 0 Å². The fourth-order valence-corrected chi connectivity index (χ4v) is 4.32. The number of amides is 2. The van der Waals surface area contributed by atoms with Crippen LogP contribution in [0.3, 0.4) is 0 Å². The van der Waals surface area contributed by atoms with Crippen LogP contribution >= 0.6 is 11.8 Å². The molecule has 0 radical (unpaired) electrons. The molecule has 5 nitrogen and oxygen atoms in total. The highest BCUT2D eigenvalue weighted by molar-refractivity contribution is 8.03. The molecule has 2 aromatic carbocycles. The largest absolute Gasteiger partial charge is 0.493 e. The van der Waals surface area contributed by atoms with Crippen LogP contribution in [0.2, 0.25) is 0 Å². The summed E-state index contributed by atoms with van der Waals surface area (Å²) in [4.78, 5) is 28.2. The summed E-state index contributed by atoms with van der Waals surface area (Å²) in [6.07, 6.45) is 0.0422. The van der Waals surface area contributed by atoms with Crippen LogP contribution in [0.1, 0.15) is 38.8 Å². The summed E-state index contributed by atoms with van der Waals surface area (Å²) in [5.74, 6) is 1.27. The number of carbonyl (C=O) groups excluding carboxylic acids is 2. The zero-order chi connectivity index (χ0) is 23.1. The summed E-state index contributed by atoms with van der Waals surface area (Å²) in [5.41, 5.74) is 2.28. The van der Waals surface area contributed by atoms with Crippen molar-refractivity contribution in [3.05, 3.63) is 70.6 Å². The SMILES string of the molecule is CC(C)COc1ccc(C2=C(SCc3ccccc3)C(=O)N(CCOC(C)C)C2=O)cc1. The van der Waals surface area contributed by atoms with Gasteiger partial charge in [-0.3, -0.25) is 14.5 Å². The van der Waals surface area contributed by atoms with Gasteiger partial charge in [-0.15, -0.1) is 11.8 Å². The number of ether oxygens (including phenoxy) is 2. The van der Waals surface area contributed by atoms with Crippen molar-refractivity contribution in [1.82, 2.24) is 4.90 Å². The van der Waals surface area contributed by atoms with Gasteiger partial charge in [-0.25, -0.2) is 0 Å². The lowest BCUT2D eigenvalue weighted by atomic mass is 10.1. The number of hydrogen-bond acceptors (Lipinski definition) is 5. The second kappa shape index (κ2) is 11.3. The van der Waals surface area contributed by atoms with Crippen molar-refractivity contribution in [3.8, 4) is 5.75 Å². The molecule has 2 aromatic rings. The van der Waals surface area contributed by atoms with Crippen LogP contribution in [0.15, 0.2) is 59.5 Å². The van der Waals surface area contributed by atoms with Gasteiger partial charge in [-0.05, 0) is 43.0 Å². The molecule has 0 bridgehead atoms. The van der Waals surface area contributed by atoms with Crippen molar-refractivity contribution in [1.29, 1.82) is 0 Å². The normalized spacial score (nSPS) is 14.2. The molecule has 0 aromatic heterocycles. The lowest BCUT2D eigenvalue weighted by Gasteiger charge is -2.16. The van der Waals surface area contributed by atoms with E-state index in [1.54, 1.807) is 0 Å². The van der Waals surface area contributed by atoms with Gasteiger partial charge in [0.15, 0.2) is 0 Å². The second-order valence-corrected chi connectivity index (χ2v) is 9.37. The Kier molecular flexibility index (Phi) is 8.53. The maximum absolute atomic E-state index is 13.3. The number of rotatable bonds is 11. The standard InChI is InChI=1S/C26H31NO4S/c1-18(2)16-31-22-12-10-21(11-13-22)23-24(32-17-20-8-6-5-7-9-20)26(29)27(25(23)28)14-15-30-19(3)4/h5-13,18-19H,14-17H2,1-4H3. The zero-order valence-corrected chi connectivity index (χ0v) is 20.0. The van der Waals surface area contributed by atoms with E-state index in [1.807, 2.05) is 68.4 Å². The van der Waals surface area contributed by atoms with Gasteiger partial charge in [-0.1, -0.05) is 56.3 Å². The predicted octanol–water partition coefficient (Wildman–Crippen LogP) is 5.16. The molecule has 1 heterocycles. The zero-order valence-electron chi connectivity index (χ0n) is 19.2. The first-order chi connectivity index (χ1) is 15.4. The van der Waals surface area contributed by atoms with Crippen molar-refractivity contribution in [3.63, 3.8) is 0 Å². The summed E-state index contributed by atoms with van der Waals surface area (Å²) in [5, 5.41) is 0. The van der Waals surface area contributed by atoms with Crippen molar-refractivity contribution in [2.45, 2.75) is 39.6 Å². The molecule has 1 aliphatic rings. The first kappa shape index (κ1) is 24.1. The molecule has 0 saturated carbocycles. The highest BCUT2D eigenvalue weighted by atomic mass is 32.2. The van der Waals surface area contributed by atoms with E-state index in [9.17, 15) is 9.59 Å². The lowest BCUT2D eigenvalue weighted by molar-refractivity contribution is -0.137. The fraction of sp³-hybridized carbons (Fsp3) is 0.385. The Morgan fingerprint density at radius 2 is 1.59 bits per heavy atom. The molecular weight excluding hydrogens is 422 g/mol. The van der Waals surface area contributed by atoms with E-state index >= 15 is 0 Å². The Bertz CT molecular complexity index is 952. The number of carbonyl (C=O) groups is 2. The highest BCUT2D eigenvalue weighted by Gasteiger charge is 2.38. The van der Waals surface area contributed by atoms with E-state index in [2.05, 4.69) is 13.8 Å². The molecule has 0 N–H and O–H groups in total. The Hall–Kier alpha value is -2.57. The number of benzene rings is 2. The lowest BCUT2D eigenvalue weighted by Crippen LogP contribution is -2.35. The number of thioether (sulfide) groups is 1. The van der Waals surface area contributed by atoms with E-state index in [0.29, 0.717) is 35.4 Å². The third-order valence-electron chi connectivity index (χ3n) is 4.84. The van der Waals surface area contributed by atoms with Crippen LogP contribution in [-0.4, -0.2) is 42.6 Å². The van der Waals surface area contributed by atoms with Gasteiger partial charge >= 0.3 is 0 Å². The smallest absolute Gasteiger partial charge is 0.268 e. The fourth-order valence-electron chi connectivity index (χ4n) is 3.24.